The highest BCUT2D eigenvalue weighted by atomic mass is 19.3. The fourth-order valence-corrected chi connectivity index (χ4v) is 2.72. The van der Waals surface area contributed by atoms with Crippen molar-refractivity contribution in [2.75, 3.05) is 19.6 Å². The molecule has 1 saturated heterocycles. The van der Waals surface area contributed by atoms with Crippen molar-refractivity contribution in [1.29, 1.82) is 0 Å². The lowest BCUT2D eigenvalue weighted by molar-refractivity contribution is 0.0660. The van der Waals surface area contributed by atoms with Gasteiger partial charge in [-0.25, -0.2) is 8.78 Å². The van der Waals surface area contributed by atoms with Crippen LogP contribution in [0.4, 0.5) is 8.78 Å². The Morgan fingerprint density at radius 1 is 1.17 bits per heavy atom. The third-order valence-corrected chi connectivity index (χ3v) is 3.68. The molecule has 0 radical (unpaired) electrons. The minimum atomic E-state index is -2.23. The maximum Gasteiger partial charge on any atom is 0.239 e. The Morgan fingerprint density at radius 3 is 2.43 bits per heavy atom. The first-order valence-electron chi connectivity index (χ1n) is 8.28. The Morgan fingerprint density at radius 2 is 1.83 bits per heavy atom. The van der Waals surface area contributed by atoms with Crippen LogP contribution in [0, 0.1) is 0 Å². The number of hydrogen-bond donors (Lipinski definition) is 0. The van der Waals surface area contributed by atoms with Gasteiger partial charge in [0.05, 0.1) is 0 Å². The summed E-state index contributed by atoms with van der Waals surface area (Å²) in [7, 11) is 0. The van der Waals surface area contributed by atoms with Crippen molar-refractivity contribution in [2.24, 2.45) is 0 Å². The molecule has 1 aromatic carbocycles. The summed E-state index contributed by atoms with van der Waals surface area (Å²) in [5.74, 6) is 1.61. The predicted molar refractivity (Wildman–Crippen MR) is 87.5 cm³/mol. The Kier molecular flexibility index (Phi) is 6.22. The number of piperidine rings is 1. The van der Waals surface area contributed by atoms with Crippen LogP contribution < -0.4 is 9.47 Å². The van der Waals surface area contributed by atoms with Crippen molar-refractivity contribution in [3.8, 4) is 11.5 Å². The van der Waals surface area contributed by atoms with Gasteiger partial charge in [0.15, 0.2) is 0 Å². The number of ether oxygens (including phenoxy) is 2. The van der Waals surface area contributed by atoms with Crippen molar-refractivity contribution < 1.29 is 18.3 Å². The van der Waals surface area contributed by atoms with Crippen molar-refractivity contribution in [3.05, 3.63) is 24.3 Å². The van der Waals surface area contributed by atoms with Crippen LogP contribution >= 0.6 is 0 Å². The fraction of sp³-hybridized carbons (Fsp3) is 0.667. The highest BCUT2D eigenvalue weighted by molar-refractivity contribution is 5.31. The predicted octanol–water partition coefficient (Wildman–Crippen LogP) is 4.36. The summed E-state index contributed by atoms with van der Waals surface area (Å²) in [6, 6.07) is 7.61. The zero-order valence-corrected chi connectivity index (χ0v) is 14.2. The van der Waals surface area contributed by atoms with Gasteiger partial charge in [-0.2, -0.15) is 0 Å². The van der Waals surface area contributed by atoms with Gasteiger partial charge in [-0.3, -0.25) is 4.90 Å². The van der Waals surface area contributed by atoms with E-state index in [1.807, 2.05) is 45.0 Å². The first-order valence-corrected chi connectivity index (χ1v) is 8.28. The molecule has 0 spiro atoms. The monoisotopic (exact) mass is 327 g/mol. The second-order valence-corrected chi connectivity index (χ2v) is 7.05. The maximum absolute atomic E-state index is 12.3. The van der Waals surface area contributed by atoms with Crippen LogP contribution in [0.3, 0.4) is 0 Å². The number of hydrogen-bond acceptors (Lipinski definition) is 3. The van der Waals surface area contributed by atoms with Crippen LogP contribution in [0.1, 0.15) is 40.0 Å². The van der Waals surface area contributed by atoms with Crippen LogP contribution in [-0.2, 0) is 0 Å². The van der Waals surface area contributed by atoms with Gasteiger partial charge >= 0.3 is 0 Å². The third-order valence-electron chi connectivity index (χ3n) is 3.68. The standard InChI is InChI=1S/C18H27F2NO2/c1-18(2,3)23-15-8-6-14(7-9-15)22-16-5-4-11-21(13-16)12-10-17(19)20/h6-9,16-17H,4-5,10-13H2,1-3H3/t16-/m0/s1. The Bertz CT molecular complexity index is 471. The average molecular weight is 327 g/mol. The van der Waals surface area contributed by atoms with Gasteiger partial charge in [0, 0.05) is 19.5 Å². The molecular weight excluding hydrogens is 300 g/mol. The minimum absolute atomic E-state index is 0.0639. The van der Waals surface area contributed by atoms with Gasteiger partial charge in [0.2, 0.25) is 6.43 Å². The Balaban J connectivity index is 1.84. The van der Waals surface area contributed by atoms with E-state index in [0.717, 1.165) is 30.9 Å². The van der Waals surface area contributed by atoms with Crippen molar-refractivity contribution in [3.63, 3.8) is 0 Å². The molecule has 1 heterocycles. The average Bonchev–Trinajstić information content (AvgIpc) is 2.46. The number of halogens is 2. The summed E-state index contributed by atoms with van der Waals surface area (Å²) >= 11 is 0. The molecule has 0 saturated carbocycles. The molecule has 0 N–H and O–H groups in total. The van der Waals surface area contributed by atoms with Gasteiger partial charge in [-0.05, 0) is 64.4 Å². The first-order chi connectivity index (χ1) is 10.8. The number of nitrogens with zero attached hydrogens (tertiary/aromatic N) is 1. The lowest BCUT2D eigenvalue weighted by Gasteiger charge is -2.32. The molecule has 5 heteroatoms. The smallest absolute Gasteiger partial charge is 0.239 e. The summed E-state index contributed by atoms with van der Waals surface area (Å²) in [6.45, 7) is 8.06. The van der Waals surface area contributed by atoms with E-state index in [1.54, 1.807) is 0 Å². The van der Waals surface area contributed by atoms with Gasteiger partial charge in [-0.1, -0.05) is 0 Å². The SMILES string of the molecule is CC(C)(C)Oc1ccc(O[C@H]2CCCN(CCC(F)F)C2)cc1. The van der Waals surface area contributed by atoms with E-state index in [4.69, 9.17) is 9.47 Å². The van der Waals surface area contributed by atoms with Gasteiger partial charge < -0.3 is 9.47 Å². The summed E-state index contributed by atoms with van der Waals surface area (Å²) in [6.07, 6.45) is -0.279. The van der Waals surface area contributed by atoms with Crippen LogP contribution in [0.15, 0.2) is 24.3 Å². The third kappa shape index (κ3) is 6.73. The molecule has 0 unspecified atom stereocenters. The molecule has 0 bridgehead atoms. The molecule has 1 atom stereocenters. The van der Waals surface area contributed by atoms with E-state index in [0.29, 0.717) is 13.1 Å². The van der Waals surface area contributed by atoms with E-state index >= 15 is 0 Å². The largest absolute Gasteiger partial charge is 0.489 e. The second kappa shape index (κ2) is 7.95. The lowest BCUT2D eigenvalue weighted by atomic mass is 10.1. The molecule has 23 heavy (non-hydrogen) atoms. The molecule has 0 aromatic heterocycles. The summed E-state index contributed by atoms with van der Waals surface area (Å²) in [5, 5.41) is 0. The Labute approximate surface area is 137 Å². The highest BCUT2D eigenvalue weighted by Crippen LogP contribution is 2.24. The van der Waals surface area contributed by atoms with E-state index in [2.05, 4.69) is 4.90 Å². The van der Waals surface area contributed by atoms with E-state index in [9.17, 15) is 8.78 Å². The first kappa shape index (κ1) is 18.0. The van der Waals surface area contributed by atoms with E-state index in [1.165, 1.54) is 0 Å². The number of rotatable bonds is 6. The summed E-state index contributed by atoms with van der Waals surface area (Å²) < 4.78 is 36.4. The molecule has 3 nitrogen and oxygen atoms in total. The fourth-order valence-electron chi connectivity index (χ4n) is 2.72. The molecule has 1 aliphatic rings. The van der Waals surface area contributed by atoms with Crippen molar-refractivity contribution in [1.82, 2.24) is 4.90 Å². The van der Waals surface area contributed by atoms with Crippen molar-refractivity contribution >= 4 is 0 Å². The van der Waals surface area contributed by atoms with Gasteiger partial charge in [-0.15, -0.1) is 0 Å². The molecule has 1 aliphatic heterocycles. The summed E-state index contributed by atoms with van der Waals surface area (Å²) in [4.78, 5) is 2.07. The van der Waals surface area contributed by atoms with Crippen LogP contribution in [0.25, 0.3) is 0 Å². The molecule has 2 rings (SSSR count). The van der Waals surface area contributed by atoms with E-state index < -0.39 is 6.43 Å². The zero-order valence-electron chi connectivity index (χ0n) is 14.2. The zero-order chi connectivity index (χ0) is 16.9. The quantitative estimate of drug-likeness (QED) is 0.775. The molecule has 0 aliphatic carbocycles. The second-order valence-electron chi connectivity index (χ2n) is 7.05. The van der Waals surface area contributed by atoms with Crippen LogP contribution in [0.5, 0.6) is 11.5 Å². The molecular formula is C18H27F2NO2. The van der Waals surface area contributed by atoms with Crippen LogP contribution in [-0.4, -0.2) is 42.7 Å². The van der Waals surface area contributed by atoms with Crippen molar-refractivity contribution in [2.45, 2.75) is 58.2 Å². The Hall–Kier alpha value is -1.36. The highest BCUT2D eigenvalue weighted by Gasteiger charge is 2.22. The maximum atomic E-state index is 12.3. The molecule has 130 valence electrons. The van der Waals surface area contributed by atoms with E-state index in [-0.39, 0.29) is 18.1 Å². The molecule has 1 aromatic rings. The number of benzene rings is 1. The van der Waals surface area contributed by atoms with Gasteiger partial charge in [0.25, 0.3) is 0 Å². The van der Waals surface area contributed by atoms with Crippen LogP contribution in [0.2, 0.25) is 0 Å². The van der Waals surface area contributed by atoms with Gasteiger partial charge in [0.1, 0.15) is 23.2 Å². The normalized spacial score (nSPS) is 19.8. The summed E-state index contributed by atoms with van der Waals surface area (Å²) in [5.41, 5.74) is -0.225. The minimum Gasteiger partial charge on any atom is -0.489 e. The number of likely N-dealkylation sites (tertiary alicyclic amines) is 1. The topological polar surface area (TPSA) is 21.7 Å². The molecule has 1 fully saturated rings. The number of alkyl halides is 2. The molecule has 0 amide bonds. The lowest BCUT2D eigenvalue weighted by Crippen LogP contribution is -2.41.